The summed E-state index contributed by atoms with van der Waals surface area (Å²) in [5, 5.41) is 28.9. The smallest absolute Gasteiger partial charge is 0.323 e. The average Bonchev–Trinajstić information content (AvgIpc) is 2.79. The molecule has 2 aromatic carbocycles. The molecule has 3 rings (SSSR count). The fourth-order valence-electron chi connectivity index (χ4n) is 3.02. The van der Waals surface area contributed by atoms with Crippen LogP contribution in [0.15, 0.2) is 45.6 Å². The van der Waals surface area contributed by atoms with Crippen LogP contribution in [0.2, 0.25) is 0 Å². The standard InChI is InChI=1S/C23H25NO8/c1-3-12(2)20(24)23(29)31-9-8-30-14-6-4-13(5-7-14)17-10-15(25)19-18(32-17)11-16(26)21(27)22(19)28/h4-7,10-12,20,26-28H,3,8-9,24H2,1-2H3/t12?,20-/m0/s1. The average molecular weight is 443 g/mol. The van der Waals surface area contributed by atoms with E-state index in [1.165, 1.54) is 6.07 Å². The highest BCUT2D eigenvalue weighted by Gasteiger charge is 2.21. The van der Waals surface area contributed by atoms with Gasteiger partial charge < -0.3 is 34.9 Å². The maximum absolute atomic E-state index is 12.4. The first-order chi connectivity index (χ1) is 15.2. The Hall–Kier alpha value is -3.72. The van der Waals surface area contributed by atoms with Gasteiger partial charge in [-0.05, 0) is 30.2 Å². The van der Waals surface area contributed by atoms with E-state index in [1.807, 2.05) is 13.8 Å². The molecular weight excluding hydrogens is 418 g/mol. The van der Waals surface area contributed by atoms with Crippen molar-refractivity contribution in [1.29, 1.82) is 0 Å². The normalized spacial score (nSPS) is 13.0. The molecule has 0 saturated heterocycles. The van der Waals surface area contributed by atoms with Gasteiger partial charge in [0.05, 0.1) is 0 Å². The lowest BCUT2D eigenvalue weighted by Gasteiger charge is -2.16. The number of esters is 1. The predicted octanol–water partition coefficient (Wildman–Crippen LogP) is 2.87. The third-order valence-corrected chi connectivity index (χ3v) is 5.21. The van der Waals surface area contributed by atoms with Crippen LogP contribution in [-0.4, -0.2) is 40.5 Å². The van der Waals surface area contributed by atoms with Crippen LogP contribution in [0.4, 0.5) is 0 Å². The molecule has 0 saturated carbocycles. The quantitative estimate of drug-likeness (QED) is 0.234. The molecule has 0 fully saturated rings. The maximum Gasteiger partial charge on any atom is 0.323 e. The van der Waals surface area contributed by atoms with Gasteiger partial charge in [-0.1, -0.05) is 20.3 Å². The SMILES string of the molecule is CCC(C)[C@H](N)C(=O)OCCOc1ccc(-c2cc(=O)c3c(O)c(O)c(O)cc3o2)cc1. The molecule has 5 N–H and O–H groups in total. The topological polar surface area (TPSA) is 152 Å². The Morgan fingerprint density at radius 1 is 1.09 bits per heavy atom. The molecule has 0 aliphatic heterocycles. The van der Waals surface area contributed by atoms with E-state index in [2.05, 4.69) is 0 Å². The molecule has 0 amide bonds. The fraction of sp³-hybridized carbons (Fsp3) is 0.304. The molecule has 0 aliphatic rings. The molecular formula is C23H25NO8. The van der Waals surface area contributed by atoms with Crippen LogP contribution in [0.1, 0.15) is 20.3 Å². The maximum atomic E-state index is 12.4. The van der Waals surface area contributed by atoms with Gasteiger partial charge in [0.2, 0.25) is 5.75 Å². The van der Waals surface area contributed by atoms with E-state index in [4.69, 9.17) is 19.6 Å². The molecule has 170 valence electrons. The molecule has 2 atom stereocenters. The number of ether oxygens (including phenoxy) is 2. The summed E-state index contributed by atoms with van der Waals surface area (Å²) >= 11 is 0. The van der Waals surface area contributed by atoms with Gasteiger partial charge in [-0.25, -0.2) is 0 Å². The summed E-state index contributed by atoms with van der Waals surface area (Å²) in [4.78, 5) is 24.2. The first kappa shape index (κ1) is 23.0. The van der Waals surface area contributed by atoms with Crippen molar-refractivity contribution in [3.8, 4) is 34.3 Å². The van der Waals surface area contributed by atoms with Crippen molar-refractivity contribution in [2.45, 2.75) is 26.3 Å². The number of benzene rings is 2. The Morgan fingerprint density at radius 3 is 2.44 bits per heavy atom. The summed E-state index contributed by atoms with van der Waals surface area (Å²) in [5.41, 5.74) is 5.72. The number of carbonyl (C=O) groups is 1. The Bertz CT molecular complexity index is 1170. The number of rotatable bonds is 8. The van der Waals surface area contributed by atoms with E-state index in [0.29, 0.717) is 11.3 Å². The third kappa shape index (κ3) is 4.78. The molecule has 1 aromatic heterocycles. The molecule has 1 unspecified atom stereocenters. The summed E-state index contributed by atoms with van der Waals surface area (Å²) in [6.07, 6.45) is 0.779. The van der Waals surface area contributed by atoms with Gasteiger partial charge in [-0.15, -0.1) is 0 Å². The van der Waals surface area contributed by atoms with Crippen LogP contribution in [0.25, 0.3) is 22.3 Å². The first-order valence-corrected chi connectivity index (χ1v) is 10.1. The second-order valence-corrected chi connectivity index (χ2v) is 7.39. The van der Waals surface area contributed by atoms with Crippen molar-refractivity contribution < 1.29 is 34.0 Å². The van der Waals surface area contributed by atoms with Crippen molar-refractivity contribution >= 4 is 16.9 Å². The fourth-order valence-corrected chi connectivity index (χ4v) is 3.02. The van der Waals surface area contributed by atoms with Crippen molar-refractivity contribution in [3.05, 3.63) is 46.6 Å². The number of carbonyl (C=O) groups excluding carboxylic acids is 1. The number of phenols is 3. The van der Waals surface area contributed by atoms with E-state index in [9.17, 15) is 24.9 Å². The van der Waals surface area contributed by atoms with Gasteiger partial charge in [0.15, 0.2) is 16.9 Å². The minimum absolute atomic E-state index is 0.0322. The van der Waals surface area contributed by atoms with E-state index >= 15 is 0 Å². The van der Waals surface area contributed by atoms with E-state index in [-0.39, 0.29) is 35.9 Å². The van der Waals surface area contributed by atoms with Gasteiger partial charge in [-0.2, -0.15) is 0 Å². The lowest BCUT2D eigenvalue weighted by atomic mass is 10.0. The minimum Gasteiger partial charge on any atom is -0.504 e. The van der Waals surface area contributed by atoms with Crippen molar-refractivity contribution in [3.63, 3.8) is 0 Å². The first-order valence-electron chi connectivity index (χ1n) is 10.1. The summed E-state index contributed by atoms with van der Waals surface area (Å²) in [5.74, 6) is -1.85. The second-order valence-electron chi connectivity index (χ2n) is 7.39. The largest absolute Gasteiger partial charge is 0.504 e. The molecule has 0 spiro atoms. The Kier molecular flexibility index (Phi) is 6.89. The number of phenolic OH excluding ortho intramolecular Hbond substituents is 3. The number of fused-ring (bicyclic) bond motifs is 1. The van der Waals surface area contributed by atoms with E-state index in [0.717, 1.165) is 12.5 Å². The van der Waals surface area contributed by atoms with Crippen LogP contribution in [0.3, 0.4) is 0 Å². The molecule has 0 bridgehead atoms. The summed E-state index contributed by atoms with van der Waals surface area (Å²) in [6.45, 7) is 4.04. The van der Waals surface area contributed by atoms with E-state index < -0.39 is 34.7 Å². The molecule has 1 heterocycles. The zero-order chi connectivity index (χ0) is 23.4. The van der Waals surface area contributed by atoms with Gasteiger partial charge in [0.1, 0.15) is 41.7 Å². The Balaban J connectivity index is 1.66. The Morgan fingerprint density at radius 2 is 1.78 bits per heavy atom. The van der Waals surface area contributed by atoms with Crippen LogP contribution < -0.4 is 15.9 Å². The number of nitrogens with two attached hydrogens (primary N) is 1. The van der Waals surface area contributed by atoms with Gasteiger partial charge in [-0.3, -0.25) is 9.59 Å². The van der Waals surface area contributed by atoms with Gasteiger partial charge in [0.25, 0.3) is 0 Å². The molecule has 0 aliphatic carbocycles. The summed E-state index contributed by atoms with van der Waals surface area (Å²) in [6, 6.07) is 8.18. The van der Waals surface area contributed by atoms with Gasteiger partial charge >= 0.3 is 5.97 Å². The summed E-state index contributed by atoms with van der Waals surface area (Å²) in [7, 11) is 0. The van der Waals surface area contributed by atoms with E-state index in [1.54, 1.807) is 24.3 Å². The lowest BCUT2D eigenvalue weighted by molar-refractivity contribution is -0.147. The second kappa shape index (κ2) is 9.61. The zero-order valence-electron chi connectivity index (χ0n) is 17.7. The molecule has 9 nitrogen and oxygen atoms in total. The molecule has 9 heteroatoms. The highest BCUT2D eigenvalue weighted by Crippen LogP contribution is 2.40. The van der Waals surface area contributed by atoms with Gasteiger partial charge in [0, 0.05) is 17.7 Å². The van der Waals surface area contributed by atoms with Crippen LogP contribution >= 0.6 is 0 Å². The molecule has 0 radical (unpaired) electrons. The van der Waals surface area contributed by atoms with Crippen LogP contribution in [-0.2, 0) is 9.53 Å². The lowest BCUT2D eigenvalue weighted by Crippen LogP contribution is -2.38. The summed E-state index contributed by atoms with van der Waals surface area (Å²) < 4.78 is 16.3. The van der Waals surface area contributed by atoms with Crippen molar-refractivity contribution in [2.75, 3.05) is 13.2 Å². The number of hydrogen-bond donors (Lipinski definition) is 4. The predicted molar refractivity (Wildman–Crippen MR) is 117 cm³/mol. The highest BCUT2D eigenvalue weighted by atomic mass is 16.6. The molecule has 32 heavy (non-hydrogen) atoms. The van der Waals surface area contributed by atoms with Crippen LogP contribution in [0, 0.1) is 5.92 Å². The highest BCUT2D eigenvalue weighted by molar-refractivity contribution is 5.89. The van der Waals surface area contributed by atoms with Crippen molar-refractivity contribution in [1.82, 2.24) is 0 Å². The Labute approximate surface area is 183 Å². The monoisotopic (exact) mass is 443 g/mol. The molecule has 3 aromatic rings. The van der Waals surface area contributed by atoms with Crippen molar-refractivity contribution in [2.24, 2.45) is 11.7 Å². The number of hydrogen-bond acceptors (Lipinski definition) is 9. The number of aromatic hydroxyl groups is 3. The zero-order valence-corrected chi connectivity index (χ0v) is 17.7. The minimum atomic E-state index is -0.786. The van der Waals surface area contributed by atoms with Crippen LogP contribution in [0.5, 0.6) is 23.0 Å². The third-order valence-electron chi connectivity index (χ3n) is 5.21.